The van der Waals surface area contributed by atoms with Crippen molar-refractivity contribution in [3.8, 4) is 0 Å². The molecule has 0 bridgehead atoms. The van der Waals surface area contributed by atoms with E-state index in [-0.39, 0.29) is 5.41 Å². The van der Waals surface area contributed by atoms with E-state index in [2.05, 4.69) is 25.7 Å². The van der Waals surface area contributed by atoms with Gasteiger partial charge >= 0.3 is 0 Å². The van der Waals surface area contributed by atoms with E-state index in [4.69, 9.17) is 0 Å². The van der Waals surface area contributed by atoms with Gasteiger partial charge in [-0.25, -0.2) is 8.42 Å². The van der Waals surface area contributed by atoms with Crippen molar-refractivity contribution in [2.24, 2.45) is 5.41 Å². The molecule has 2 rings (SSSR count). The first-order chi connectivity index (χ1) is 10.1. The second-order valence-electron chi connectivity index (χ2n) is 7.51. The van der Waals surface area contributed by atoms with E-state index in [9.17, 15) is 8.42 Å². The molecule has 0 aliphatic carbocycles. The van der Waals surface area contributed by atoms with Gasteiger partial charge in [0, 0.05) is 32.7 Å². The van der Waals surface area contributed by atoms with Crippen LogP contribution < -0.4 is 0 Å². The molecule has 0 amide bonds. The van der Waals surface area contributed by atoms with Crippen LogP contribution in [0.1, 0.15) is 31.9 Å². The third-order valence-electron chi connectivity index (χ3n) is 3.98. The van der Waals surface area contributed by atoms with Gasteiger partial charge < -0.3 is 4.90 Å². The topological polar surface area (TPSA) is 40.6 Å². The number of nitrogens with zero attached hydrogens (tertiary/aromatic N) is 2. The van der Waals surface area contributed by atoms with Crippen LogP contribution in [-0.2, 0) is 10.0 Å². The van der Waals surface area contributed by atoms with Gasteiger partial charge in [-0.2, -0.15) is 4.31 Å². The number of piperazine rings is 1. The van der Waals surface area contributed by atoms with Gasteiger partial charge in [0.2, 0.25) is 10.0 Å². The molecule has 124 valence electrons. The predicted octanol–water partition coefficient (Wildman–Crippen LogP) is 2.66. The van der Waals surface area contributed by atoms with Crippen LogP contribution in [-0.4, -0.2) is 50.3 Å². The van der Waals surface area contributed by atoms with E-state index in [1.807, 2.05) is 26.0 Å². The molecule has 0 aromatic heterocycles. The standard InChI is InChI=1S/C17H28N2O2S/c1-14-6-7-16(15(2)12-14)22(20,21)19-10-8-18(9-11-19)13-17(3,4)5/h6-7,12H,8-11,13H2,1-5H3. The maximum Gasteiger partial charge on any atom is 0.243 e. The molecule has 0 N–H and O–H groups in total. The van der Waals surface area contributed by atoms with Crippen molar-refractivity contribution in [2.45, 2.75) is 39.5 Å². The first kappa shape index (κ1) is 17.4. The lowest BCUT2D eigenvalue weighted by molar-refractivity contribution is 0.141. The van der Waals surface area contributed by atoms with Gasteiger partial charge in [0.1, 0.15) is 0 Å². The van der Waals surface area contributed by atoms with Crippen LogP contribution in [0.2, 0.25) is 0 Å². The van der Waals surface area contributed by atoms with Crippen LogP contribution in [0.4, 0.5) is 0 Å². The fourth-order valence-electron chi connectivity index (χ4n) is 3.03. The Morgan fingerprint density at radius 3 is 2.14 bits per heavy atom. The Balaban J connectivity index is 2.10. The molecule has 1 heterocycles. The molecule has 0 spiro atoms. The maximum atomic E-state index is 12.8. The highest BCUT2D eigenvalue weighted by molar-refractivity contribution is 7.89. The highest BCUT2D eigenvalue weighted by Crippen LogP contribution is 2.23. The Morgan fingerprint density at radius 2 is 1.64 bits per heavy atom. The summed E-state index contributed by atoms with van der Waals surface area (Å²) >= 11 is 0. The number of hydrogen-bond donors (Lipinski definition) is 0. The van der Waals surface area contributed by atoms with Crippen molar-refractivity contribution in [1.82, 2.24) is 9.21 Å². The van der Waals surface area contributed by atoms with Crippen LogP contribution >= 0.6 is 0 Å². The zero-order valence-corrected chi connectivity index (χ0v) is 15.2. The summed E-state index contributed by atoms with van der Waals surface area (Å²) < 4.78 is 27.3. The first-order valence-electron chi connectivity index (χ1n) is 7.89. The molecule has 1 aromatic carbocycles. The van der Waals surface area contributed by atoms with Crippen molar-refractivity contribution in [3.05, 3.63) is 29.3 Å². The summed E-state index contributed by atoms with van der Waals surface area (Å²) in [4.78, 5) is 2.80. The Hall–Kier alpha value is -0.910. The van der Waals surface area contributed by atoms with Crippen LogP contribution in [0.3, 0.4) is 0 Å². The van der Waals surface area contributed by atoms with Crippen molar-refractivity contribution < 1.29 is 8.42 Å². The highest BCUT2D eigenvalue weighted by atomic mass is 32.2. The molecule has 5 heteroatoms. The zero-order valence-electron chi connectivity index (χ0n) is 14.4. The summed E-state index contributed by atoms with van der Waals surface area (Å²) in [5.74, 6) is 0. The van der Waals surface area contributed by atoms with Crippen molar-refractivity contribution >= 4 is 10.0 Å². The van der Waals surface area contributed by atoms with Gasteiger partial charge in [-0.3, -0.25) is 0 Å². The fraction of sp³-hybridized carbons (Fsp3) is 0.647. The molecule has 1 fully saturated rings. The third kappa shape index (κ3) is 4.09. The minimum atomic E-state index is -3.37. The largest absolute Gasteiger partial charge is 0.300 e. The summed E-state index contributed by atoms with van der Waals surface area (Å²) in [6, 6.07) is 5.54. The second-order valence-corrected chi connectivity index (χ2v) is 9.42. The van der Waals surface area contributed by atoms with Crippen LogP contribution in [0.25, 0.3) is 0 Å². The minimum absolute atomic E-state index is 0.245. The van der Waals surface area contributed by atoms with Crippen molar-refractivity contribution in [1.29, 1.82) is 0 Å². The minimum Gasteiger partial charge on any atom is -0.300 e. The Kier molecular flexibility index (Phi) is 5.00. The molecular formula is C17H28N2O2S. The van der Waals surface area contributed by atoms with Crippen molar-refractivity contribution in [2.75, 3.05) is 32.7 Å². The molecular weight excluding hydrogens is 296 g/mol. The number of aryl methyl sites for hydroxylation is 2. The van der Waals surface area contributed by atoms with Gasteiger partial charge in [-0.1, -0.05) is 38.5 Å². The SMILES string of the molecule is Cc1ccc(S(=O)(=O)N2CCN(CC(C)(C)C)CC2)c(C)c1. The molecule has 22 heavy (non-hydrogen) atoms. The average molecular weight is 324 g/mol. The van der Waals surface area contributed by atoms with Crippen LogP contribution in [0.15, 0.2) is 23.1 Å². The lowest BCUT2D eigenvalue weighted by atomic mass is 9.96. The zero-order chi connectivity index (χ0) is 16.5. The Morgan fingerprint density at radius 1 is 1.05 bits per heavy atom. The normalized spacial score (nSPS) is 18.6. The summed E-state index contributed by atoms with van der Waals surface area (Å²) in [7, 11) is -3.37. The number of hydrogen-bond acceptors (Lipinski definition) is 3. The summed E-state index contributed by atoms with van der Waals surface area (Å²) in [6.45, 7) is 14.3. The quantitative estimate of drug-likeness (QED) is 0.858. The number of rotatable bonds is 3. The van der Waals surface area contributed by atoms with E-state index in [1.54, 1.807) is 10.4 Å². The van der Waals surface area contributed by atoms with E-state index in [0.717, 1.165) is 30.8 Å². The Bertz CT molecular complexity index is 625. The van der Waals surface area contributed by atoms with Crippen LogP contribution in [0, 0.1) is 19.3 Å². The van der Waals surface area contributed by atoms with E-state index >= 15 is 0 Å². The highest BCUT2D eigenvalue weighted by Gasteiger charge is 2.30. The first-order valence-corrected chi connectivity index (χ1v) is 9.33. The lowest BCUT2D eigenvalue weighted by Gasteiger charge is -2.37. The van der Waals surface area contributed by atoms with Gasteiger partial charge in [0.05, 0.1) is 4.90 Å². The molecule has 0 saturated carbocycles. The summed E-state index contributed by atoms with van der Waals surface area (Å²) in [5, 5.41) is 0. The molecule has 1 aromatic rings. The summed E-state index contributed by atoms with van der Waals surface area (Å²) in [6.07, 6.45) is 0. The van der Waals surface area contributed by atoms with E-state index in [1.165, 1.54) is 0 Å². The van der Waals surface area contributed by atoms with Crippen LogP contribution in [0.5, 0.6) is 0 Å². The molecule has 0 atom stereocenters. The molecule has 1 aliphatic rings. The molecule has 0 radical (unpaired) electrons. The van der Waals surface area contributed by atoms with Gasteiger partial charge in [0.25, 0.3) is 0 Å². The van der Waals surface area contributed by atoms with Gasteiger partial charge in [-0.15, -0.1) is 0 Å². The fourth-order valence-corrected chi connectivity index (χ4v) is 4.65. The molecule has 1 saturated heterocycles. The van der Waals surface area contributed by atoms with Gasteiger partial charge in [0.15, 0.2) is 0 Å². The second kappa shape index (κ2) is 6.30. The maximum absolute atomic E-state index is 12.8. The molecule has 4 nitrogen and oxygen atoms in total. The average Bonchev–Trinajstić information content (AvgIpc) is 2.36. The number of sulfonamides is 1. The van der Waals surface area contributed by atoms with E-state index < -0.39 is 10.0 Å². The van der Waals surface area contributed by atoms with Crippen molar-refractivity contribution in [3.63, 3.8) is 0 Å². The molecule has 0 unspecified atom stereocenters. The lowest BCUT2D eigenvalue weighted by Crippen LogP contribution is -2.50. The van der Waals surface area contributed by atoms with E-state index in [0.29, 0.717) is 18.0 Å². The third-order valence-corrected chi connectivity index (χ3v) is 6.04. The monoisotopic (exact) mass is 324 g/mol. The van der Waals surface area contributed by atoms with Gasteiger partial charge in [-0.05, 0) is 30.9 Å². The molecule has 1 aliphatic heterocycles. The predicted molar refractivity (Wildman–Crippen MR) is 90.6 cm³/mol. The smallest absolute Gasteiger partial charge is 0.243 e. The Labute approximate surface area is 135 Å². The number of benzene rings is 1. The summed E-state index contributed by atoms with van der Waals surface area (Å²) in [5.41, 5.74) is 2.16.